The second-order valence-electron chi connectivity index (χ2n) is 5.20. The van der Waals surface area contributed by atoms with Gasteiger partial charge in [-0.2, -0.15) is 0 Å². The number of thiazole rings is 1. The third kappa shape index (κ3) is 3.40. The van der Waals surface area contributed by atoms with E-state index in [4.69, 9.17) is 4.42 Å². The fourth-order valence-corrected chi connectivity index (χ4v) is 2.72. The molecule has 0 radical (unpaired) electrons. The van der Waals surface area contributed by atoms with Gasteiger partial charge in [-0.1, -0.05) is 0 Å². The number of aryl methyl sites for hydroxylation is 1. The van der Waals surface area contributed by atoms with Crippen molar-refractivity contribution in [3.8, 4) is 10.8 Å². The molecule has 3 aromatic rings. The van der Waals surface area contributed by atoms with Gasteiger partial charge in [0.15, 0.2) is 10.8 Å². The summed E-state index contributed by atoms with van der Waals surface area (Å²) >= 11 is 1.37. The van der Waals surface area contributed by atoms with E-state index < -0.39 is 0 Å². The molecule has 0 fully saturated rings. The van der Waals surface area contributed by atoms with E-state index in [9.17, 15) is 4.79 Å². The lowest BCUT2D eigenvalue weighted by Gasteiger charge is -2.11. The fraction of sp³-hybridized carbons (Fsp3) is 0.188. The Hall–Kier alpha value is -2.67. The summed E-state index contributed by atoms with van der Waals surface area (Å²) < 4.78 is 5.52. The third-order valence-corrected chi connectivity index (χ3v) is 4.01. The maximum atomic E-state index is 12.2. The van der Waals surface area contributed by atoms with Crippen LogP contribution in [0.15, 0.2) is 40.3 Å². The molecular formula is C16H16N4O2S. The first-order valence-corrected chi connectivity index (χ1v) is 7.88. The Kier molecular flexibility index (Phi) is 4.12. The van der Waals surface area contributed by atoms with Crippen LogP contribution in [0.2, 0.25) is 0 Å². The molecule has 3 aromatic heterocycles. The Morgan fingerprint density at radius 2 is 2.09 bits per heavy atom. The van der Waals surface area contributed by atoms with Crippen molar-refractivity contribution in [1.82, 2.24) is 9.97 Å². The number of hydrogen-bond acceptors (Lipinski definition) is 6. The maximum absolute atomic E-state index is 12.2. The van der Waals surface area contributed by atoms with Gasteiger partial charge in [0.05, 0.1) is 11.9 Å². The standard InChI is InChI=1S/C16H16N4O2S/c1-10-4-6-13(22-10)16-19-12(9-23-16)15(21)18-11-5-7-14(17-8-11)20(2)3/h4-9H,1-3H3,(H,18,21). The minimum atomic E-state index is -0.268. The summed E-state index contributed by atoms with van der Waals surface area (Å²) in [5.74, 6) is 2.04. The van der Waals surface area contributed by atoms with Crippen molar-refractivity contribution in [2.24, 2.45) is 0 Å². The Morgan fingerprint density at radius 1 is 1.26 bits per heavy atom. The summed E-state index contributed by atoms with van der Waals surface area (Å²) in [5.41, 5.74) is 0.986. The second-order valence-corrected chi connectivity index (χ2v) is 6.06. The van der Waals surface area contributed by atoms with Gasteiger partial charge < -0.3 is 14.6 Å². The first kappa shape index (κ1) is 15.2. The molecule has 3 heterocycles. The van der Waals surface area contributed by atoms with Gasteiger partial charge in [0, 0.05) is 19.5 Å². The number of rotatable bonds is 4. The number of pyridine rings is 1. The number of aromatic nitrogens is 2. The number of anilines is 2. The van der Waals surface area contributed by atoms with Crippen molar-refractivity contribution in [3.63, 3.8) is 0 Å². The number of amides is 1. The van der Waals surface area contributed by atoms with Crippen LogP contribution in [0.5, 0.6) is 0 Å². The lowest BCUT2D eigenvalue weighted by Crippen LogP contribution is -2.14. The molecule has 0 atom stereocenters. The van der Waals surface area contributed by atoms with Crippen LogP contribution in [0.3, 0.4) is 0 Å². The summed E-state index contributed by atoms with van der Waals surface area (Å²) in [4.78, 5) is 22.7. The zero-order valence-corrected chi connectivity index (χ0v) is 13.8. The van der Waals surface area contributed by atoms with Crippen LogP contribution in [-0.2, 0) is 0 Å². The Labute approximate surface area is 137 Å². The molecule has 118 valence electrons. The number of hydrogen-bond donors (Lipinski definition) is 1. The van der Waals surface area contributed by atoms with Crippen LogP contribution in [0.4, 0.5) is 11.5 Å². The molecule has 1 amide bonds. The predicted octanol–water partition coefficient (Wildman–Crippen LogP) is 3.42. The van der Waals surface area contributed by atoms with Gasteiger partial charge in [-0.25, -0.2) is 9.97 Å². The topological polar surface area (TPSA) is 71.3 Å². The molecule has 0 saturated heterocycles. The molecule has 0 aliphatic rings. The van der Waals surface area contributed by atoms with E-state index in [0.717, 1.165) is 11.6 Å². The number of carbonyl (C=O) groups excluding carboxylic acids is 1. The molecule has 0 unspecified atom stereocenters. The van der Waals surface area contributed by atoms with Crippen molar-refractivity contribution in [3.05, 3.63) is 47.3 Å². The molecule has 0 aliphatic heterocycles. The van der Waals surface area contributed by atoms with Crippen LogP contribution in [-0.4, -0.2) is 30.0 Å². The molecule has 0 spiro atoms. The minimum Gasteiger partial charge on any atom is -0.459 e. The highest BCUT2D eigenvalue weighted by Crippen LogP contribution is 2.26. The summed E-state index contributed by atoms with van der Waals surface area (Å²) in [6.07, 6.45) is 1.62. The van der Waals surface area contributed by atoms with E-state index in [1.165, 1.54) is 11.3 Å². The smallest absolute Gasteiger partial charge is 0.275 e. The summed E-state index contributed by atoms with van der Waals surface area (Å²) in [7, 11) is 3.82. The van der Waals surface area contributed by atoms with Gasteiger partial charge in [-0.3, -0.25) is 4.79 Å². The molecule has 0 saturated carbocycles. The molecule has 3 rings (SSSR count). The van der Waals surface area contributed by atoms with Gasteiger partial charge in [-0.05, 0) is 31.2 Å². The SMILES string of the molecule is Cc1ccc(-c2nc(C(=O)Nc3ccc(N(C)C)nc3)cs2)o1. The Morgan fingerprint density at radius 3 is 2.70 bits per heavy atom. The Balaban J connectivity index is 1.72. The molecule has 6 nitrogen and oxygen atoms in total. The average molecular weight is 328 g/mol. The summed E-state index contributed by atoms with van der Waals surface area (Å²) in [6, 6.07) is 7.37. The van der Waals surface area contributed by atoms with Crippen molar-refractivity contribution in [2.75, 3.05) is 24.3 Å². The van der Waals surface area contributed by atoms with Gasteiger partial charge in [0.1, 0.15) is 17.3 Å². The van der Waals surface area contributed by atoms with Crippen molar-refractivity contribution in [1.29, 1.82) is 0 Å². The lowest BCUT2D eigenvalue weighted by atomic mass is 10.3. The highest BCUT2D eigenvalue weighted by atomic mass is 32.1. The molecule has 7 heteroatoms. The zero-order chi connectivity index (χ0) is 16.4. The highest BCUT2D eigenvalue weighted by Gasteiger charge is 2.14. The van der Waals surface area contributed by atoms with Crippen LogP contribution < -0.4 is 10.2 Å². The monoisotopic (exact) mass is 328 g/mol. The normalized spacial score (nSPS) is 10.6. The van der Waals surface area contributed by atoms with E-state index in [0.29, 0.717) is 22.1 Å². The van der Waals surface area contributed by atoms with Gasteiger partial charge in [-0.15, -0.1) is 11.3 Å². The second kappa shape index (κ2) is 6.21. The van der Waals surface area contributed by atoms with Gasteiger partial charge >= 0.3 is 0 Å². The first-order valence-electron chi connectivity index (χ1n) is 7.00. The lowest BCUT2D eigenvalue weighted by molar-refractivity contribution is 0.102. The van der Waals surface area contributed by atoms with Crippen molar-refractivity contribution in [2.45, 2.75) is 6.92 Å². The van der Waals surface area contributed by atoms with E-state index in [2.05, 4.69) is 15.3 Å². The quantitative estimate of drug-likeness (QED) is 0.794. The average Bonchev–Trinajstić information content (AvgIpc) is 3.16. The molecule has 0 aliphatic carbocycles. The summed E-state index contributed by atoms with van der Waals surface area (Å²) in [5, 5.41) is 5.18. The van der Waals surface area contributed by atoms with E-state index >= 15 is 0 Å². The summed E-state index contributed by atoms with van der Waals surface area (Å²) in [6.45, 7) is 1.87. The van der Waals surface area contributed by atoms with E-state index in [1.807, 2.05) is 50.2 Å². The molecular weight excluding hydrogens is 312 g/mol. The first-order chi connectivity index (χ1) is 11.0. The molecule has 0 aromatic carbocycles. The number of nitrogens with zero attached hydrogens (tertiary/aromatic N) is 3. The molecule has 0 bridgehead atoms. The molecule has 1 N–H and O–H groups in total. The van der Waals surface area contributed by atoms with E-state index in [-0.39, 0.29) is 5.91 Å². The maximum Gasteiger partial charge on any atom is 0.275 e. The van der Waals surface area contributed by atoms with Crippen LogP contribution in [0, 0.1) is 6.92 Å². The minimum absolute atomic E-state index is 0.268. The largest absolute Gasteiger partial charge is 0.459 e. The third-order valence-electron chi connectivity index (χ3n) is 3.15. The van der Waals surface area contributed by atoms with Crippen LogP contribution >= 0.6 is 11.3 Å². The fourth-order valence-electron chi connectivity index (χ4n) is 1.96. The zero-order valence-electron chi connectivity index (χ0n) is 13.0. The number of nitrogens with one attached hydrogen (secondary N) is 1. The van der Waals surface area contributed by atoms with Crippen LogP contribution in [0.25, 0.3) is 10.8 Å². The van der Waals surface area contributed by atoms with Crippen molar-refractivity contribution < 1.29 is 9.21 Å². The van der Waals surface area contributed by atoms with Gasteiger partial charge in [0.2, 0.25) is 0 Å². The predicted molar refractivity (Wildman–Crippen MR) is 91.1 cm³/mol. The van der Waals surface area contributed by atoms with E-state index in [1.54, 1.807) is 11.6 Å². The molecule has 23 heavy (non-hydrogen) atoms. The van der Waals surface area contributed by atoms with Gasteiger partial charge in [0.25, 0.3) is 5.91 Å². The Bertz CT molecular complexity index is 821. The number of furan rings is 1. The highest BCUT2D eigenvalue weighted by molar-refractivity contribution is 7.13. The van der Waals surface area contributed by atoms with Crippen molar-refractivity contribution >= 4 is 28.7 Å². The number of carbonyl (C=O) groups is 1. The van der Waals surface area contributed by atoms with Crippen LogP contribution in [0.1, 0.15) is 16.2 Å².